The van der Waals surface area contributed by atoms with Crippen LogP contribution < -0.4 is 0 Å². The summed E-state index contributed by atoms with van der Waals surface area (Å²) in [5.41, 5.74) is 4.82. The maximum Gasteiger partial charge on any atom is 0.0679 e. The van der Waals surface area contributed by atoms with Gasteiger partial charge in [0.15, 0.2) is 0 Å². The number of hydrogen-bond donors (Lipinski definition) is 2. The lowest BCUT2D eigenvalue weighted by atomic mass is 9.60. The van der Waals surface area contributed by atoms with E-state index in [0.29, 0.717) is 47.3 Å². The van der Waals surface area contributed by atoms with Crippen molar-refractivity contribution in [2.45, 2.75) is 20.3 Å². The van der Waals surface area contributed by atoms with Gasteiger partial charge in [-0.05, 0) is 43.9 Å². The Balaban J connectivity index is 1.82. The van der Waals surface area contributed by atoms with Gasteiger partial charge in [0.1, 0.15) is 0 Å². The van der Waals surface area contributed by atoms with Crippen LogP contribution >= 0.6 is 0 Å². The molecule has 19 heavy (non-hydrogen) atoms. The van der Waals surface area contributed by atoms with E-state index in [2.05, 4.69) is 24.2 Å². The van der Waals surface area contributed by atoms with Crippen LogP contribution in [0.2, 0.25) is 0 Å². The van der Waals surface area contributed by atoms with E-state index in [1.807, 2.05) is 0 Å². The summed E-state index contributed by atoms with van der Waals surface area (Å²) in [6.07, 6.45) is 1.05. The zero-order valence-electron chi connectivity index (χ0n) is 11.1. The first-order chi connectivity index (χ1) is 9.20. The molecule has 0 saturated heterocycles. The van der Waals surface area contributed by atoms with Crippen molar-refractivity contribution in [3.63, 3.8) is 0 Å². The average Bonchev–Trinajstić information content (AvgIpc) is 2.89. The summed E-state index contributed by atoms with van der Waals surface area (Å²) in [7, 11) is 0. The second-order valence-electron chi connectivity index (χ2n) is 7.22. The molecule has 2 N–H and O–H groups in total. The molecule has 8 atom stereocenters. The Labute approximate surface area is 111 Å². The topological polar surface area (TPSA) is 65.2 Å². The van der Waals surface area contributed by atoms with E-state index < -0.39 is 0 Å². The highest BCUT2D eigenvalue weighted by atomic mass is 16.4. The summed E-state index contributed by atoms with van der Waals surface area (Å²) in [4.78, 5) is 0. The first-order valence-electron chi connectivity index (χ1n) is 7.31. The fraction of sp³-hybridized carbons (Fsp3) is 0.733. The monoisotopic (exact) mass is 258 g/mol. The van der Waals surface area contributed by atoms with Gasteiger partial charge in [0, 0.05) is 23.7 Å². The number of allylic oxidation sites excluding steroid dienone is 2. The predicted octanol–water partition coefficient (Wildman–Crippen LogP) is 2.37. The predicted molar refractivity (Wildman–Crippen MR) is 69.4 cm³/mol. The Morgan fingerprint density at radius 3 is 1.74 bits per heavy atom. The summed E-state index contributed by atoms with van der Waals surface area (Å²) >= 11 is 0. The summed E-state index contributed by atoms with van der Waals surface area (Å²) < 4.78 is 0. The molecule has 5 saturated carbocycles. The lowest BCUT2D eigenvalue weighted by Gasteiger charge is -2.43. The maximum atomic E-state index is 9.48. The van der Waals surface area contributed by atoms with Crippen LogP contribution in [0.5, 0.6) is 0 Å². The van der Waals surface area contributed by atoms with E-state index in [0.717, 1.165) is 17.8 Å². The van der Waals surface area contributed by atoms with E-state index >= 15 is 0 Å². The molecule has 4 heteroatoms. The van der Waals surface area contributed by atoms with Crippen LogP contribution in [0.1, 0.15) is 20.3 Å². The molecule has 0 spiro atoms. The Morgan fingerprint density at radius 1 is 0.895 bits per heavy atom. The van der Waals surface area contributed by atoms with Gasteiger partial charge >= 0.3 is 0 Å². The molecule has 4 nitrogen and oxygen atoms in total. The van der Waals surface area contributed by atoms with Crippen molar-refractivity contribution in [1.82, 2.24) is 0 Å². The number of oxime groups is 2. The lowest BCUT2D eigenvalue weighted by Crippen LogP contribution is -2.41. The Kier molecular flexibility index (Phi) is 1.59. The van der Waals surface area contributed by atoms with E-state index in [9.17, 15) is 10.4 Å². The minimum Gasteiger partial charge on any atom is -0.411 e. The quantitative estimate of drug-likeness (QED) is 0.398. The van der Waals surface area contributed by atoms with Gasteiger partial charge in [-0.15, -0.1) is 0 Å². The van der Waals surface area contributed by atoms with E-state index in [-0.39, 0.29) is 0 Å². The minimum atomic E-state index is 0.342. The molecule has 100 valence electrons. The summed E-state index contributed by atoms with van der Waals surface area (Å²) in [6.45, 7) is 4.30. The Bertz CT molecular complexity index is 543. The second-order valence-corrected chi connectivity index (χ2v) is 7.22. The molecule has 0 radical (unpaired) electrons. The van der Waals surface area contributed by atoms with Gasteiger partial charge in [-0.3, -0.25) is 0 Å². The normalized spacial score (nSPS) is 59.4. The molecule has 0 aromatic rings. The first kappa shape index (κ1) is 10.5. The molecular formula is C15H18N2O2. The van der Waals surface area contributed by atoms with Gasteiger partial charge in [0.25, 0.3) is 0 Å². The van der Waals surface area contributed by atoms with Crippen molar-refractivity contribution in [2.75, 3.05) is 0 Å². The van der Waals surface area contributed by atoms with Crippen molar-refractivity contribution >= 4 is 11.4 Å². The fourth-order valence-corrected chi connectivity index (χ4v) is 6.74. The fourth-order valence-electron chi connectivity index (χ4n) is 6.74. The van der Waals surface area contributed by atoms with Crippen LogP contribution in [0, 0.1) is 47.3 Å². The highest BCUT2D eigenvalue weighted by molar-refractivity contribution is 6.05. The highest BCUT2D eigenvalue weighted by Gasteiger charge is 2.79. The second kappa shape index (κ2) is 2.89. The van der Waals surface area contributed by atoms with E-state index in [1.54, 1.807) is 0 Å². The maximum absolute atomic E-state index is 9.48. The van der Waals surface area contributed by atoms with E-state index in [1.165, 1.54) is 11.1 Å². The number of rotatable bonds is 0. The van der Waals surface area contributed by atoms with Crippen molar-refractivity contribution in [3.8, 4) is 0 Å². The molecule has 0 unspecified atom stereocenters. The van der Waals surface area contributed by atoms with Gasteiger partial charge in [0.2, 0.25) is 0 Å². The summed E-state index contributed by atoms with van der Waals surface area (Å²) in [6, 6.07) is 0. The molecule has 5 aliphatic rings. The van der Waals surface area contributed by atoms with Crippen molar-refractivity contribution in [3.05, 3.63) is 11.1 Å². The molecule has 0 heterocycles. The zero-order chi connectivity index (χ0) is 13.0. The molecular weight excluding hydrogens is 240 g/mol. The molecule has 0 bridgehead atoms. The smallest absolute Gasteiger partial charge is 0.0679 e. The van der Waals surface area contributed by atoms with Crippen molar-refractivity contribution < 1.29 is 10.4 Å². The van der Waals surface area contributed by atoms with Gasteiger partial charge in [-0.2, -0.15) is 0 Å². The van der Waals surface area contributed by atoms with Gasteiger partial charge in [0.05, 0.1) is 11.4 Å². The van der Waals surface area contributed by atoms with Crippen molar-refractivity contribution in [2.24, 2.45) is 57.7 Å². The highest BCUT2D eigenvalue weighted by Crippen LogP contribution is 2.79. The van der Waals surface area contributed by atoms with E-state index in [4.69, 9.17) is 0 Å². The average molecular weight is 258 g/mol. The third-order valence-corrected chi connectivity index (χ3v) is 6.86. The third kappa shape index (κ3) is 0.808. The third-order valence-electron chi connectivity index (χ3n) is 6.86. The molecule has 0 aliphatic heterocycles. The standard InChI is InChI=1S/C15H18N2O2/c1-4(2)7-12-10-8-5(14(12)16-18)3-6-9(8)11(10)13(7)15(6)17-19/h5-6,8-13,18-19H,3H2,1-2H3/b16-14-,17-15+/t5-,6+,8+,9-,10-,11-,12-,13-/m0/s1. The van der Waals surface area contributed by atoms with Gasteiger partial charge < -0.3 is 10.4 Å². The SMILES string of the molecule is CC(C)=C1[C@@H]2/C(=N\O)[C@H]3C[C@H]4/C(=N\O)[C@@H]1[C@@H]1[C@@H]2[C@H]3[C@@H]14. The lowest BCUT2D eigenvalue weighted by molar-refractivity contribution is 0.0202. The van der Waals surface area contributed by atoms with Crippen molar-refractivity contribution in [1.29, 1.82) is 0 Å². The van der Waals surface area contributed by atoms with Crippen LogP contribution in [0.15, 0.2) is 21.5 Å². The molecule has 5 rings (SSSR count). The number of nitrogens with zero attached hydrogens (tertiary/aromatic N) is 2. The molecule has 0 aromatic carbocycles. The molecule has 5 aliphatic carbocycles. The van der Waals surface area contributed by atoms with Crippen LogP contribution in [0.4, 0.5) is 0 Å². The van der Waals surface area contributed by atoms with Crippen LogP contribution in [-0.4, -0.2) is 21.8 Å². The molecule has 0 amide bonds. The minimum absolute atomic E-state index is 0.342. The summed E-state index contributed by atoms with van der Waals surface area (Å²) in [5.74, 6) is 4.30. The van der Waals surface area contributed by atoms with Gasteiger partial charge in [-0.1, -0.05) is 21.5 Å². The van der Waals surface area contributed by atoms with Crippen LogP contribution in [0.25, 0.3) is 0 Å². The first-order valence-corrected chi connectivity index (χ1v) is 7.31. The van der Waals surface area contributed by atoms with Crippen LogP contribution in [0.3, 0.4) is 0 Å². The largest absolute Gasteiger partial charge is 0.411 e. The Morgan fingerprint density at radius 2 is 1.37 bits per heavy atom. The zero-order valence-corrected chi connectivity index (χ0v) is 11.1. The summed E-state index contributed by atoms with van der Waals surface area (Å²) in [5, 5.41) is 26.4. The van der Waals surface area contributed by atoms with Crippen LogP contribution in [-0.2, 0) is 0 Å². The molecule has 5 fully saturated rings. The Hall–Kier alpha value is -1.32. The van der Waals surface area contributed by atoms with Gasteiger partial charge in [-0.25, -0.2) is 0 Å². The molecule has 0 aromatic heterocycles. The number of hydrogen-bond acceptors (Lipinski definition) is 4.